The van der Waals surface area contributed by atoms with E-state index in [-0.39, 0.29) is 5.75 Å². The molecule has 0 fully saturated rings. The van der Waals surface area contributed by atoms with Gasteiger partial charge < -0.3 is 9.52 Å². The molecule has 0 bridgehead atoms. The van der Waals surface area contributed by atoms with Crippen molar-refractivity contribution in [3.63, 3.8) is 0 Å². The zero-order chi connectivity index (χ0) is 16.7. The van der Waals surface area contributed by atoms with E-state index in [1.165, 1.54) is 17.4 Å². The zero-order valence-electron chi connectivity index (χ0n) is 12.2. The fourth-order valence-electron chi connectivity index (χ4n) is 2.40. The van der Waals surface area contributed by atoms with Crippen molar-refractivity contribution < 1.29 is 9.52 Å². The van der Waals surface area contributed by atoms with Gasteiger partial charge in [-0.15, -0.1) is 11.3 Å². The lowest BCUT2D eigenvalue weighted by Crippen LogP contribution is -2.02. The third-order valence-electron chi connectivity index (χ3n) is 3.59. The number of aromatic nitrogens is 1. The molecule has 0 unspecified atom stereocenters. The molecule has 0 radical (unpaired) electrons. The Balaban J connectivity index is 1.80. The van der Waals surface area contributed by atoms with Crippen LogP contribution in [0.15, 0.2) is 67.6 Å². The van der Waals surface area contributed by atoms with Crippen LogP contribution in [0.2, 0.25) is 0 Å². The summed E-state index contributed by atoms with van der Waals surface area (Å²) in [6, 6.07) is 14.3. The normalized spacial score (nSPS) is 11.0. The van der Waals surface area contributed by atoms with Crippen molar-refractivity contribution in [2.24, 2.45) is 0 Å². The molecule has 6 heteroatoms. The maximum Gasteiger partial charge on any atom is 0.346 e. The van der Waals surface area contributed by atoms with Gasteiger partial charge in [-0.2, -0.15) is 0 Å². The second kappa shape index (κ2) is 5.89. The number of nitrogens with zero attached hydrogens (tertiary/aromatic N) is 1. The van der Waals surface area contributed by atoms with Gasteiger partial charge in [0.2, 0.25) is 0 Å². The Bertz CT molecular complexity index is 1100. The van der Waals surface area contributed by atoms with Gasteiger partial charge in [0.05, 0.1) is 11.3 Å². The lowest BCUT2D eigenvalue weighted by atomic mass is 10.1. The van der Waals surface area contributed by atoms with E-state index in [0.29, 0.717) is 16.2 Å². The minimum Gasteiger partial charge on any atom is -0.508 e. The predicted molar refractivity (Wildman–Crippen MR) is 98.4 cm³/mol. The Labute approximate surface area is 149 Å². The highest BCUT2D eigenvalue weighted by Crippen LogP contribution is 2.30. The fraction of sp³-hybridized carbons (Fsp3) is 0. The lowest BCUT2D eigenvalue weighted by Gasteiger charge is -2.00. The van der Waals surface area contributed by atoms with Crippen LogP contribution in [0.1, 0.15) is 0 Å². The first-order valence-corrected chi connectivity index (χ1v) is 8.76. The van der Waals surface area contributed by atoms with E-state index in [1.807, 2.05) is 29.6 Å². The Morgan fingerprint density at radius 3 is 2.67 bits per heavy atom. The minimum absolute atomic E-state index is 0.0603. The molecule has 2 aromatic heterocycles. The third-order valence-corrected chi connectivity index (χ3v) is 5.00. The van der Waals surface area contributed by atoms with Crippen molar-refractivity contribution in [1.29, 1.82) is 0 Å². The summed E-state index contributed by atoms with van der Waals surface area (Å²) in [5, 5.41) is 12.7. The lowest BCUT2D eigenvalue weighted by molar-refractivity contribution is 0.473. The van der Waals surface area contributed by atoms with Gasteiger partial charge in [-0.3, -0.25) is 0 Å². The number of phenols is 1. The molecule has 0 saturated heterocycles. The number of aromatic hydroxyl groups is 1. The number of hydrogen-bond donors (Lipinski definition) is 1. The Hall–Kier alpha value is -2.44. The highest BCUT2D eigenvalue weighted by atomic mass is 79.9. The Kier molecular flexibility index (Phi) is 3.70. The highest BCUT2D eigenvalue weighted by molar-refractivity contribution is 9.10. The van der Waals surface area contributed by atoms with Crippen molar-refractivity contribution in [2.75, 3.05) is 0 Å². The number of halogens is 1. The maximum absolute atomic E-state index is 12.2. The second-order valence-electron chi connectivity index (χ2n) is 5.21. The molecule has 4 nitrogen and oxygen atoms in total. The van der Waals surface area contributed by atoms with Gasteiger partial charge in [0.25, 0.3) is 0 Å². The summed E-state index contributed by atoms with van der Waals surface area (Å²) in [5.74, 6) is 0.0603. The summed E-state index contributed by atoms with van der Waals surface area (Å²) >= 11 is 4.80. The fourth-order valence-corrected chi connectivity index (χ4v) is 3.50. The van der Waals surface area contributed by atoms with Crippen LogP contribution >= 0.6 is 27.3 Å². The molecular weight excluding hydrogens is 390 g/mol. The SMILES string of the molecule is O=c1oc2cc(O)ccc2cc1-c1nc(-c2ccc(Br)cc2)cs1. The number of rotatable bonds is 2. The van der Waals surface area contributed by atoms with Crippen molar-refractivity contribution in [3.05, 3.63) is 68.8 Å². The van der Waals surface area contributed by atoms with E-state index in [4.69, 9.17) is 4.42 Å². The summed E-state index contributed by atoms with van der Waals surface area (Å²) < 4.78 is 6.30. The standard InChI is InChI=1S/C18H10BrNO3S/c19-12-4-1-10(2-5-12)15-9-24-17(20-15)14-7-11-3-6-13(21)8-16(11)23-18(14)22/h1-9,21H. The maximum atomic E-state index is 12.2. The van der Waals surface area contributed by atoms with Gasteiger partial charge in [0.1, 0.15) is 16.3 Å². The van der Waals surface area contributed by atoms with Crippen molar-refractivity contribution >= 4 is 38.2 Å². The van der Waals surface area contributed by atoms with Crippen LogP contribution in [0, 0.1) is 0 Å². The highest BCUT2D eigenvalue weighted by Gasteiger charge is 2.13. The molecule has 4 rings (SSSR count). The van der Waals surface area contributed by atoms with Crippen molar-refractivity contribution in [1.82, 2.24) is 4.98 Å². The molecule has 0 amide bonds. The van der Waals surface area contributed by atoms with Crippen molar-refractivity contribution in [3.8, 4) is 27.6 Å². The quantitative estimate of drug-likeness (QED) is 0.479. The number of benzene rings is 2. The average Bonchev–Trinajstić information content (AvgIpc) is 3.04. The van der Waals surface area contributed by atoms with E-state index >= 15 is 0 Å². The first-order valence-electron chi connectivity index (χ1n) is 7.09. The summed E-state index contributed by atoms with van der Waals surface area (Å²) in [5.41, 5.74) is 2.10. The van der Waals surface area contributed by atoms with Crippen LogP contribution in [0.4, 0.5) is 0 Å². The molecule has 0 spiro atoms. The monoisotopic (exact) mass is 399 g/mol. The van der Waals surface area contributed by atoms with E-state index in [9.17, 15) is 9.90 Å². The van der Waals surface area contributed by atoms with E-state index in [1.54, 1.807) is 18.2 Å². The molecule has 0 aliphatic rings. The Morgan fingerprint density at radius 2 is 1.88 bits per heavy atom. The van der Waals surface area contributed by atoms with Crippen LogP contribution in [0.3, 0.4) is 0 Å². The second-order valence-corrected chi connectivity index (χ2v) is 6.99. The summed E-state index contributed by atoms with van der Waals surface area (Å²) in [6.07, 6.45) is 0. The largest absolute Gasteiger partial charge is 0.508 e. The minimum atomic E-state index is -0.468. The molecule has 0 aliphatic heterocycles. The average molecular weight is 400 g/mol. The zero-order valence-corrected chi connectivity index (χ0v) is 14.6. The van der Waals surface area contributed by atoms with Gasteiger partial charge in [0, 0.05) is 26.9 Å². The molecule has 118 valence electrons. The van der Waals surface area contributed by atoms with Gasteiger partial charge in [0.15, 0.2) is 0 Å². The number of fused-ring (bicyclic) bond motifs is 1. The molecule has 4 aromatic rings. The van der Waals surface area contributed by atoms with Crippen LogP contribution < -0.4 is 5.63 Å². The van der Waals surface area contributed by atoms with Gasteiger partial charge >= 0.3 is 5.63 Å². The molecule has 2 heterocycles. The van der Waals surface area contributed by atoms with E-state index in [0.717, 1.165) is 21.1 Å². The van der Waals surface area contributed by atoms with Crippen LogP contribution in [0.25, 0.3) is 32.8 Å². The Morgan fingerprint density at radius 1 is 1.08 bits per heavy atom. The molecule has 0 atom stereocenters. The summed E-state index contributed by atoms with van der Waals surface area (Å²) in [7, 11) is 0. The first-order chi connectivity index (χ1) is 11.6. The van der Waals surface area contributed by atoms with Crippen LogP contribution in [-0.2, 0) is 0 Å². The van der Waals surface area contributed by atoms with Crippen LogP contribution in [0.5, 0.6) is 5.75 Å². The summed E-state index contributed by atoms with van der Waals surface area (Å²) in [4.78, 5) is 16.8. The topological polar surface area (TPSA) is 63.3 Å². The number of phenolic OH excluding ortho intramolecular Hbond substituents is 1. The molecule has 2 aromatic carbocycles. The summed E-state index contributed by atoms with van der Waals surface area (Å²) in [6.45, 7) is 0. The third kappa shape index (κ3) is 2.74. The van der Waals surface area contributed by atoms with Crippen molar-refractivity contribution in [2.45, 2.75) is 0 Å². The molecule has 0 aliphatic carbocycles. The van der Waals surface area contributed by atoms with Gasteiger partial charge in [-0.05, 0) is 30.3 Å². The number of thiazole rings is 1. The number of hydrogen-bond acceptors (Lipinski definition) is 5. The molecule has 24 heavy (non-hydrogen) atoms. The van der Waals surface area contributed by atoms with E-state index < -0.39 is 5.63 Å². The molecule has 1 N–H and O–H groups in total. The predicted octanol–water partition coefficient (Wildman–Crippen LogP) is 5.05. The van der Waals surface area contributed by atoms with Gasteiger partial charge in [-0.25, -0.2) is 9.78 Å². The first kappa shape index (κ1) is 15.1. The smallest absolute Gasteiger partial charge is 0.346 e. The van der Waals surface area contributed by atoms with E-state index in [2.05, 4.69) is 20.9 Å². The van der Waals surface area contributed by atoms with Gasteiger partial charge in [-0.1, -0.05) is 28.1 Å². The van der Waals surface area contributed by atoms with Crippen LogP contribution in [-0.4, -0.2) is 10.1 Å². The molecule has 0 saturated carbocycles. The molecular formula is C18H10BrNO3S.